The third kappa shape index (κ3) is 8.62. The van der Waals surface area contributed by atoms with Crippen LogP contribution < -0.4 is 10.6 Å². The van der Waals surface area contributed by atoms with Gasteiger partial charge in [0.05, 0.1) is 0 Å². The van der Waals surface area contributed by atoms with Crippen LogP contribution in [0.15, 0.2) is 0 Å². The van der Waals surface area contributed by atoms with Crippen molar-refractivity contribution in [2.75, 3.05) is 6.54 Å². The first-order valence-corrected chi connectivity index (χ1v) is 9.03. The first kappa shape index (κ1) is 19.3. The van der Waals surface area contributed by atoms with E-state index >= 15 is 0 Å². The Morgan fingerprint density at radius 2 is 1.95 bits per heavy atom. The molecular weight excluding hydrogens is 276 g/mol. The van der Waals surface area contributed by atoms with E-state index in [0.717, 1.165) is 5.92 Å². The summed E-state index contributed by atoms with van der Waals surface area (Å²) in [5.41, 5.74) is -0.434. The number of carbonyl (C=O) groups excluding carboxylic acids is 1. The molecule has 0 heterocycles. The molecule has 0 bridgehead atoms. The Labute approximate surface area is 136 Å². The van der Waals surface area contributed by atoms with Crippen LogP contribution in [0.2, 0.25) is 0 Å². The molecule has 1 saturated carbocycles. The Morgan fingerprint density at radius 1 is 1.23 bits per heavy atom. The molecule has 4 nitrogen and oxygen atoms in total. The summed E-state index contributed by atoms with van der Waals surface area (Å²) in [6.45, 7) is 10.7. The molecule has 4 heteroatoms. The maximum Gasteiger partial charge on any atom is 0.407 e. The van der Waals surface area contributed by atoms with Gasteiger partial charge in [-0.2, -0.15) is 0 Å². The predicted octanol–water partition coefficient (Wildman–Crippen LogP) is 4.24. The van der Waals surface area contributed by atoms with Crippen LogP contribution in [-0.4, -0.2) is 30.3 Å². The van der Waals surface area contributed by atoms with Gasteiger partial charge in [0.25, 0.3) is 0 Å². The topological polar surface area (TPSA) is 50.4 Å². The molecule has 0 radical (unpaired) electrons. The van der Waals surface area contributed by atoms with E-state index in [1.165, 1.54) is 44.9 Å². The number of amides is 1. The minimum atomic E-state index is -0.434. The smallest absolute Gasteiger partial charge is 0.407 e. The number of hydrogen-bond acceptors (Lipinski definition) is 3. The molecule has 1 rings (SSSR count). The largest absolute Gasteiger partial charge is 0.444 e. The van der Waals surface area contributed by atoms with Crippen LogP contribution in [0.1, 0.15) is 79.6 Å². The fraction of sp³-hybridized carbons (Fsp3) is 0.944. The first-order valence-electron chi connectivity index (χ1n) is 9.03. The van der Waals surface area contributed by atoms with Gasteiger partial charge in [0.2, 0.25) is 0 Å². The quantitative estimate of drug-likeness (QED) is 0.721. The molecule has 1 aliphatic rings. The average Bonchev–Trinajstić information content (AvgIpc) is 2.61. The highest BCUT2D eigenvalue weighted by Crippen LogP contribution is 2.26. The zero-order valence-corrected chi connectivity index (χ0v) is 15.2. The zero-order valence-electron chi connectivity index (χ0n) is 15.2. The molecule has 130 valence electrons. The van der Waals surface area contributed by atoms with Crippen molar-refractivity contribution in [3.8, 4) is 0 Å². The van der Waals surface area contributed by atoms with E-state index in [1.54, 1.807) is 0 Å². The van der Waals surface area contributed by atoms with Crippen LogP contribution in [0.3, 0.4) is 0 Å². The summed E-state index contributed by atoms with van der Waals surface area (Å²) >= 11 is 0. The summed E-state index contributed by atoms with van der Waals surface area (Å²) in [7, 11) is 0. The minimum absolute atomic E-state index is 0.278. The predicted molar refractivity (Wildman–Crippen MR) is 92.1 cm³/mol. The van der Waals surface area contributed by atoms with Gasteiger partial charge in [0.15, 0.2) is 0 Å². The Bertz CT molecular complexity index is 326. The molecule has 3 unspecified atom stereocenters. The molecule has 0 aromatic carbocycles. The Hall–Kier alpha value is -0.770. The van der Waals surface area contributed by atoms with Gasteiger partial charge >= 0.3 is 6.09 Å². The van der Waals surface area contributed by atoms with Crippen molar-refractivity contribution in [2.45, 2.75) is 97.2 Å². The molecule has 0 spiro atoms. The van der Waals surface area contributed by atoms with Crippen LogP contribution >= 0.6 is 0 Å². The molecule has 0 aliphatic heterocycles. The molecule has 22 heavy (non-hydrogen) atoms. The van der Waals surface area contributed by atoms with Crippen LogP contribution in [-0.2, 0) is 4.74 Å². The van der Waals surface area contributed by atoms with Gasteiger partial charge in [-0.25, -0.2) is 4.79 Å². The number of ether oxygens (including phenoxy) is 1. The lowest BCUT2D eigenvalue weighted by atomic mass is 9.95. The Morgan fingerprint density at radius 3 is 2.59 bits per heavy atom. The summed E-state index contributed by atoms with van der Waals surface area (Å²) in [6, 6.07) is 0.873. The molecule has 0 aromatic rings. The van der Waals surface area contributed by atoms with E-state index in [0.29, 0.717) is 12.6 Å². The third-order valence-corrected chi connectivity index (χ3v) is 4.26. The fourth-order valence-corrected chi connectivity index (χ4v) is 3.25. The number of nitrogens with one attached hydrogen (secondary N) is 2. The standard InChI is InChI=1S/C18H36N2O2/c1-6-8-15-9-7-10-16(12-11-15)20-14(2)13-19-17(21)22-18(3,4)5/h14-16,20H,6-13H2,1-5H3,(H,19,21). The molecule has 1 fully saturated rings. The highest BCUT2D eigenvalue weighted by Gasteiger charge is 2.20. The van der Waals surface area contributed by atoms with Crippen molar-refractivity contribution in [3.63, 3.8) is 0 Å². The van der Waals surface area contributed by atoms with Gasteiger partial charge in [-0.1, -0.05) is 32.6 Å². The Kier molecular flexibility index (Phi) is 8.23. The number of alkyl carbamates (subject to hydrolysis) is 1. The van der Waals surface area contributed by atoms with Crippen LogP contribution in [0.5, 0.6) is 0 Å². The van der Waals surface area contributed by atoms with E-state index in [-0.39, 0.29) is 12.1 Å². The Balaban J connectivity index is 2.24. The van der Waals surface area contributed by atoms with Gasteiger partial charge in [-0.15, -0.1) is 0 Å². The summed E-state index contributed by atoms with van der Waals surface area (Å²) in [5.74, 6) is 0.923. The maximum absolute atomic E-state index is 11.7. The van der Waals surface area contributed by atoms with Gasteiger partial charge in [0, 0.05) is 18.6 Å². The van der Waals surface area contributed by atoms with Gasteiger partial charge < -0.3 is 15.4 Å². The third-order valence-electron chi connectivity index (χ3n) is 4.26. The van der Waals surface area contributed by atoms with E-state index < -0.39 is 5.60 Å². The van der Waals surface area contributed by atoms with Crippen molar-refractivity contribution >= 4 is 6.09 Å². The van der Waals surface area contributed by atoms with Crippen molar-refractivity contribution in [2.24, 2.45) is 5.92 Å². The zero-order chi connectivity index (χ0) is 16.6. The molecule has 3 atom stereocenters. The van der Waals surface area contributed by atoms with E-state index in [9.17, 15) is 4.79 Å². The lowest BCUT2D eigenvalue weighted by Gasteiger charge is -2.24. The van der Waals surface area contributed by atoms with E-state index in [2.05, 4.69) is 24.5 Å². The summed E-state index contributed by atoms with van der Waals surface area (Å²) < 4.78 is 5.26. The number of hydrogen-bond donors (Lipinski definition) is 2. The highest BCUT2D eigenvalue weighted by molar-refractivity contribution is 5.67. The number of carbonyl (C=O) groups is 1. The van der Waals surface area contributed by atoms with Crippen LogP contribution in [0.4, 0.5) is 4.79 Å². The molecule has 1 aliphatic carbocycles. The fourth-order valence-electron chi connectivity index (χ4n) is 3.25. The van der Waals surface area contributed by atoms with Gasteiger partial charge in [-0.05, 0) is 52.9 Å². The van der Waals surface area contributed by atoms with Crippen molar-refractivity contribution in [1.29, 1.82) is 0 Å². The lowest BCUT2D eigenvalue weighted by Crippen LogP contribution is -2.44. The summed E-state index contributed by atoms with van der Waals surface area (Å²) in [6.07, 6.45) is 8.94. The van der Waals surface area contributed by atoms with E-state index in [4.69, 9.17) is 4.74 Å². The summed E-state index contributed by atoms with van der Waals surface area (Å²) in [4.78, 5) is 11.7. The monoisotopic (exact) mass is 312 g/mol. The lowest BCUT2D eigenvalue weighted by molar-refractivity contribution is 0.0522. The molecule has 0 saturated heterocycles. The second-order valence-electron chi connectivity index (χ2n) is 7.81. The van der Waals surface area contributed by atoms with Gasteiger partial charge in [-0.3, -0.25) is 0 Å². The molecule has 0 aromatic heterocycles. The second-order valence-corrected chi connectivity index (χ2v) is 7.81. The highest BCUT2D eigenvalue weighted by atomic mass is 16.6. The second kappa shape index (κ2) is 9.39. The average molecular weight is 312 g/mol. The molecule has 2 N–H and O–H groups in total. The summed E-state index contributed by atoms with van der Waals surface area (Å²) in [5, 5.41) is 6.52. The van der Waals surface area contributed by atoms with Crippen molar-refractivity contribution in [3.05, 3.63) is 0 Å². The first-order chi connectivity index (χ1) is 10.3. The number of rotatable bonds is 6. The maximum atomic E-state index is 11.7. The van der Waals surface area contributed by atoms with Crippen LogP contribution in [0, 0.1) is 5.92 Å². The van der Waals surface area contributed by atoms with Crippen molar-refractivity contribution in [1.82, 2.24) is 10.6 Å². The van der Waals surface area contributed by atoms with Crippen LogP contribution in [0.25, 0.3) is 0 Å². The normalized spacial score (nSPS) is 24.4. The van der Waals surface area contributed by atoms with E-state index in [1.807, 2.05) is 20.8 Å². The van der Waals surface area contributed by atoms with Crippen molar-refractivity contribution < 1.29 is 9.53 Å². The molecule has 1 amide bonds. The minimum Gasteiger partial charge on any atom is -0.444 e. The molecular formula is C18H36N2O2. The SMILES string of the molecule is CCCC1CCCC(NC(C)CNC(=O)OC(C)(C)C)CC1. The van der Waals surface area contributed by atoms with Gasteiger partial charge in [0.1, 0.15) is 5.60 Å².